The highest BCUT2D eigenvalue weighted by Crippen LogP contribution is 2.19. The van der Waals surface area contributed by atoms with Crippen LogP contribution in [-0.4, -0.2) is 24.2 Å². The Balaban J connectivity index is 2.11. The number of halogens is 2. The molecule has 0 aliphatic carbocycles. The maximum atomic E-state index is 5.49. The summed E-state index contributed by atoms with van der Waals surface area (Å²) in [5, 5.41) is 3.39. The predicted octanol–water partition coefficient (Wildman–Crippen LogP) is 3.90. The van der Waals surface area contributed by atoms with E-state index in [0.29, 0.717) is 6.10 Å². The largest absolute Gasteiger partial charge is 0.379 e. The van der Waals surface area contributed by atoms with Crippen molar-refractivity contribution in [2.24, 2.45) is 0 Å². The second-order valence-corrected chi connectivity index (χ2v) is 6.16. The molecule has 0 saturated heterocycles. The zero-order chi connectivity index (χ0) is 13.4. The van der Waals surface area contributed by atoms with Crippen molar-refractivity contribution in [3.05, 3.63) is 26.9 Å². The van der Waals surface area contributed by atoms with Gasteiger partial charge in [-0.2, -0.15) is 0 Å². The highest BCUT2D eigenvalue weighted by molar-refractivity contribution is 9.11. The van der Waals surface area contributed by atoms with Crippen LogP contribution >= 0.6 is 31.9 Å². The van der Waals surface area contributed by atoms with Gasteiger partial charge in [0.1, 0.15) is 0 Å². The van der Waals surface area contributed by atoms with Crippen LogP contribution in [0.1, 0.15) is 32.4 Å². The highest BCUT2D eigenvalue weighted by atomic mass is 79.9. The number of aromatic nitrogens is 1. The van der Waals surface area contributed by atoms with Gasteiger partial charge in [-0.05, 0) is 71.2 Å². The number of unbranched alkanes of at least 4 members (excludes halogenated alkanes) is 1. The molecule has 0 atom stereocenters. The average molecular weight is 380 g/mol. The Morgan fingerprint density at radius 1 is 1.33 bits per heavy atom. The van der Waals surface area contributed by atoms with Crippen LogP contribution in [0, 0.1) is 0 Å². The summed E-state index contributed by atoms with van der Waals surface area (Å²) >= 11 is 6.90. The van der Waals surface area contributed by atoms with E-state index in [2.05, 4.69) is 56.0 Å². The summed E-state index contributed by atoms with van der Waals surface area (Å²) in [5.74, 6) is 0. The Kier molecular flexibility index (Phi) is 8.06. The SMILES string of the molecule is CC(C)OCCCCNCc1ncc(Br)cc1Br. The van der Waals surface area contributed by atoms with E-state index in [-0.39, 0.29) is 0 Å². The molecule has 0 radical (unpaired) electrons. The normalized spacial score (nSPS) is 11.2. The van der Waals surface area contributed by atoms with Crippen molar-refractivity contribution in [3.8, 4) is 0 Å². The van der Waals surface area contributed by atoms with Gasteiger partial charge in [-0.15, -0.1) is 0 Å². The minimum absolute atomic E-state index is 0.334. The van der Waals surface area contributed by atoms with Crippen LogP contribution in [0.2, 0.25) is 0 Å². The lowest BCUT2D eigenvalue weighted by Gasteiger charge is -2.08. The number of ether oxygens (including phenoxy) is 1. The van der Waals surface area contributed by atoms with Crippen molar-refractivity contribution in [1.29, 1.82) is 0 Å². The Bertz CT molecular complexity index is 359. The summed E-state index contributed by atoms with van der Waals surface area (Å²) in [4.78, 5) is 4.35. The number of nitrogens with one attached hydrogen (secondary N) is 1. The summed E-state index contributed by atoms with van der Waals surface area (Å²) in [6, 6.07) is 2.01. The molecule has 1 N–H and O–H groups in total. The van der Waals surface area contributed by atoms with Crippen molar-refractivity contribution in [2.75, 3.05) is 13.2 Å². The standard InChI is InChI=1S/C13H20Br2N2O/c1-10(2)18-6-4-3-5-16-9-13-12(15)7-11(14)8-17-13/h7-8,10,16H,3-6,9H2,1-2H3. The maximum absolute atomic E-state index is 5.49. The van der Waals surface area contributed by atoms with Gasteiger partial charge in [-0.1, -0.05) is 0 Å². The summed E-state index contributed by atoms with van der Waals surface area (Å²) in [7, 11) is 0. The Labute approximate surface area is 126 Å². The van der Waals surface area contributed by atoms with Crippen molar-refractivity contribution >= 4 is 31.9 Å². The predicted molar refractivity (Wildman–Crippen MR) is 81.7 cm³/mol. The molecule has 5 heteroatoms. The van der Waals surface area contributed by atoms with Gasteiger partial charge in [0.05, 0.1) is 11.8 Å². The zero-order valence-corrected chi connectivity index (χ0v) is 14.1. The Morgan fingerprint density at radius 2 is 2.11 bits per heavy atom. The first kappa shape index (κ1) is 16.1. The van der Waals surface area contributed by atoms with E-state index in [0.717, 1.165) is 47.2 Å². The van der Waals surface area contributed by atoms with Crippen LogP contribution in [0.5, 0.6) is 0 Å². The van der Waals surface area contributed by atoms with Crippen molar-refractivity contribution in [2.45, 2.75) is 39.3 Å². The van der Waals surface area contributed by atoms with E-state index in [9.17, 15) is 0 Å². The maximum Gasteiger partial charge on any atom is 0.0684 e. The second kappa shape index (κ2) is 9.02. The third-order valence-electron chi connectivity index (χ3n) is 2.38. The van der Waals surface area contributed by atoms with Crippen LogP contribution in [0.25, 0.3) is 0 Å². The molecule has 18 heavy (non-hydrogen) atoms. The molecule has 0 fully saturated rings. The highest BCUT2D eigenvalue weighted by Gasteiger charge is 2.01. The van der Waals surface area contributed by atoms with Gasteiger partial charge < -0.3 is 10.1 Å². The summed E-state index contributed by atoms with van der Waals surface area (Å²) in [6.07, 6.45) is 4.38. The molecule has 0 aliphatic rings. The molecule has 0 saturated carbocycles. The molecule has 0 unspecified atom stereocenters. The number of rotatable bonds is 8. The average Bonchev–Trinajstić information content (AvgIpc) is 2.30. The molecule has 0 bridgehead atoms. The monoisotopic (exact) mass is 378 g/mol. The third kappa shape index (κ3) is 6.83. The molecule has 1 rings (SSSR count). The summed E-state index contributed by atoms with van der Waals surface area (Å²) in [5.41, 5.74) is 1.04. The number of nitrogens with zero attached hydrogens (tertiary/aromatic N) is 1. The fourth-order valence-corrected chi connectivity index (χ4v) is 2.58. The van der Waals surface area contributed by atoms with Crippen LogP contribution in [-0.2, 0) is 11.3 Å². The number of hydrogen-bond acceptors (Lipinski definition) is 3. The first-order chi connectivity index (χ1) is 8.59. The van der Waals surface area contributed by atoms with Gasteiger partial charge >= 0.3 is 0 Å². The second-order valence-electron chi connectivity index (χ2n) is 4.39. The molecular formula is C13H20Br2N2O. The van der Waals surface area contributed by atoms with E-state index in [1.165, 1.54) is 0 Å². The fraction of sp³-hybridized carbons (Fsp3) is 0.615. The van der Waals surface area contributed by atoms with Crippen molar-refractivity contribution in [3.63, 3.8) is 0 Å². The first-order valence-electron chi connectivity index (χ1n) is 6.22. The zero-order valence-electron chi connectivity index (χ0n) is 10.9. The van der Waals surface area contributed by atoms with E-state index in [1.807, 2.05) is 12.3 Å². The van der Waals surface area contributed by atoms with Gasteiger partial charge in [-0.25, -0.2) is 0 Å². The Morgan fingerprint density at radius 3 is 2.78 bits per heavy atom. The Hall–Kier alpha value is 0.0300. The van der Waals surface area contributed by atoms with Crippen LogP contribution in [0.4, 0.5) is 0 Å². The van der Waals surface area contributed by atoms with Crippen molar-refractivity contribution in [1.82, 2.24) is 10.3 Å². The topological polar surface area (TPSA) is 34.1 Å². The van der Waals surface area contributed by atoms with Gasteiger partial charge in [0.25, 0.3) is 0 Å². The van der Waals surface area contributed by atoms with Crippen LogP contribution in [0.3, 0.4) is 0 Å². The van der Waals surface area contributed by atoms with E-state index < -0.39 is 0 Å². The lowest BCUT2D eigenvalue weighted by molar-refractivity contribution is 0.0760. The van der Waals surface area contributed by atoms with Gasteiger partial charge in [-0.3, -0.25) is 4.98 Å². The summed E-state index contributed by atoms with van der Waals surface area (Å²) in [6.45, 7) is 6.76. The molecule has 1 aromatic heterocycles. The molecule has 1 heterocycles. The molecule has 0 aromatic carbocycles. The quantitative estimate of drug-likeness (QED) is 0.695. The molecule has 0 aliphatic heterocycles. The molecular weight excluding hydrogens is 360 g/mol. The minimum Gasteiger partial charge on any atom is -0.379 e. The van der Waals surface area contributed by atoms with Crippen LogP contribution < -0.4 is 5.32 Å². The summed E-state index contributed by atoms with van der Waals surface area (Å²) < 4.78 is 7.51. The third-order valence-corrected chi connectivity index (χ3v) is 3.50. The number of hydrogen-bond donors (Lipinski definition) is 1. The van der Waals surface area contributed by atoms with Gasteiger partial charge in [0.2, 0.25) is 0 Å². The smallest absolute Gasteiger partial charge is 0.0684 e. The lowest BCUT2D eigenvalue weighted by Crippen LogP contribution is -2.16. The van der Waals surface area contributed by atoms with Gasteiger partial charge in [0, 0.05) is 28.3 Å². The number of pyridine rings is 1. The first-order valence-corrected chi connectivity index (χ1v) is 7.80. The molecule has 1 aromatic rings. The van der Waals surface area contributed by atoms with Crippen molar-refractivity contribution < 1.29 is 4.74 Å². The van der Waals surface area contributed by atoms with Gasteiger partial charge in [0.15, 0.2) is 0 Å². The van der Waals surface area contributed by atoms with E-state index in [1.54, 1.807) is 0 Å². The molecule has 0 spiro atoms. The molecule has 0 amide bonds. The fourth-order valence-electron chi connectivity index (χ4n) is 1.45. The minimum atomic E-state index is 0.334. The van der Waals surface area contributed by atoms with E-state index >= 15 is 0 Å². The van der Waals surface area contributed by atoms with E-state index in [4.69, 9.17) is 4.74 Å². The molecule has 102 valence electrons. The van der Waals surface area contributed by atoms with Crippen LogP contribution in [0.15, 0.2) is 21.2 Å². The molecule has 3 nitrogen and oxygen atoms in total. The lowest BCUT2D eigenvalue weighted by atomic mass is 10.3.